The third kappa shape index (κ3) is 3.28. The third-order valence-corrected chi connectivity index (χ3v) is 5.54. The first-order chi connectivity index (χ1) is 12.0. The Hall–Kier alpha value is -2.29. The predicted octanol–water partition coefficient (Wildman–Crippen LogP) is 1.51. The van der Waals surface area contributed by atoms with Gasteiger partial charge in [-0.05, 0) is 41.8 Å². The van der Waals surface area contributed by atoms with E-state index in [-0.39, 0.29) is 18.9 Å². The number of benzene rings is 2. The third-order valence-electron chi connectivity index (χ3n) is 4.36. The SMILES string of the molecule is COc1ccc(C2NS(=O)(=O)NC2Cc2ccc3c(c2)OCO3)cc1. The van der Waals surface area contributed by atoms with Gasteiger partial charge in [0.15, 0.2) is 11.5 Å². The second kappa shape index (κ2) is 6.21. The van der Waals surface area contributed by atoms with Crippen molar-refractivity contribution in [3.05, 3.63) is 53.6 Å². The highest BCUT2D eigenvalue weighted by atomic mass is 32.2. The summed E-state index contributed by atoms with van der Waals surface area (Å²) in [6, 6.07) is 12.4. The molecule has 25 heavy (non-hydrogen) atoms. The number of nitrogens with one attached hydrogen (secondary N) is 2. The zero-order valence-electron chi connectivity index (χ0n) is 13.6. The van der Waals surface area contributed by atoms with Crippen LogP contribution in [-0.4, -0.2) is 28.4 Å². The summed E-state index contributed by atoms with van der Waals surface area (Å²) in [6.07, 6.45) is 0.527. The molecule has 0 spiro atoms. The Labute approximate surface area is 146 Å². The van der Waals surface area contributed by atoms with E-state index in [1.165, 1.54) is 0 Å². The van der Waals surface area contributed by atoms with Crippen molar-refractivity contribution in [3.63, 3.8) is 0 Å². The molecular weight excluding hydrogens is 344 g/mol. The molecule has 0 amide bonds. The average Bonchev–Trinajstić information content (AvgIpc) is 3.18. The van der Waals surface area contributed by atoms with Crippen LogP contribution < -0.4 is 23.7 Å². The zero-order valence-corrected chi connectivity index (χ0v) is 14.4. The van der Waals surface area contributed by atoms with Crippen molar-refractivity contribution in [1.82, 2.24) is 9.44 Å². The maximum atomic E-state index is 12.0. The number of fused-ring (bicyclic) bond motifs is 1. The second-order valence-corrected chi connectivity index (χ2v) is 7.47. The van der Waals surface area contributed by atoms with Crippen LogP contribution in [0.2, 0.25) is 0 Å². The molecule has 2 aliphatic rings. The molecule has 4 rings (SSSR count). The first-order valence-electron chi connectivity index (χ1n) is 7.86. The molecule has 2 aliphatic heterocycles. The summed E-state index contributed by atoms with van der Waals surface area (Å²) >= 11 is 0. The maximum absolute atomic E-state index is 12.0. The van der Waals surface area contributed by atoms with Crippen molar-refractivity contribution in [2.24, 2.45) is 0 Å². The smallest absolute Gasteiger partial charge is 0.277 e. The molecule has 8 heteroatoms. The highest BCUT2D eigenvalue weighted by Crippen LogP contribution is 2.34. The summed E-state index contributed by atoms with van der Waals surface area (Å²) in [5.41, 5.74) is 1.85. The summed E-state index contributed by atoms with van der Waals surface area (Å²) in [4.78, 5) is 0. The summed E-state index contributed by atoms with van der Waals surface area (Å²) in [5.74, 6) is 2.12. The maximum Gasteiger partial charge on any atom is 0.277 e. The average molecular weight is 362 g/mol. The van der Waals surface area contributed by atoms with E-state index < -0.39 is 10.2 Å². The normalized spacial score (nSPS) is 23.6. The van der Waals surface area contributed by atoms with Gasteiger partial charge in [0.1, 0.15) is 5.75 Å². The lowest BCUT2D eigenvalue weighted by molar-refractivity contribution is 0.174. The van der Waals surface area contributed by atoms with Crippen LogP contribution in [0, 0.1) is 0 Å². The minimum Gasteiger partial charge on any atom is -0.497 e. The van der Waals surface area contributed by atoms with Gasteiger partial charge >= 0.3 is 0 Å². The van der Waals surface area contributed by atoms with E-state index in [9.17, 15) is 8.42 Å². The van der Waals surface area contributed by atoms with E-state index in [1.54, 1.807) is 7.11 Å². The molecule has 2 heterocycles. The largest absolute Gasteiger partial charge is 0.497 e. The molecule has 2 aromatic carbocycles. The minimum atomic E-state index is -3.53. The van der Waals surface area contributed by atoms with Crippen molar-refractivity contribution in [2.75, 3.05) is 13.9 Å². The lowest BCUT2D eigenvalue weighted by Gasteiger charge is -2.18. The van der Waals surface area contributed by atoms with Gasteiger partial charge in [-0.25, -0.2) is 0 Å². The molecule has 0 saturated carbocycles. The standard InChI is InChI=1S/C17H18N2O5S/c1-22-13-5-3-12(4-6-13)17-14(18-25(20,21)19-17)8-11-2-7-15-16(9-11)24-10-23-15/h2-7,9,14,17-19H,8,10H2,1H3. The van der Waals surface area contributed by atoms with Crippen LogP contribution in [0.3, 0.4) is 0 Å². The molecule has 0 aromatic heterocycles. The highest BCUT2D eigenvalue weighted by Gasteiger charge is 2.37. The Balaban J connectivity index is 1.59. The number of rotatable bonds is 4. The summed E-state index contributed by atoms with van der Waals surface area (Å²) < 4.78 is 45.3. The fraction of sp³-hybridized carbons (Fsp3) is 0.294. The highest BCUT2D eigenvalue weighted by molar-refractivity contribution is 7.87. The molecule has 2 unspecified atom stereocenters. The van der Waals surface area contributed by atoms with Gasteiger partial charge < -0.3 is 14.2 Å². The number of methoxy groups -OCH3 is 1. The summed E-state index contributed by atoms with van der Waals surface area (Å²) in [6.45, 7) is 0.213. The minimum absolute atomic E-state index is 0.213. The fourth-order valence-corrected chi connectivity index (χ4v) is 4.46. The van der Waals surface area contributed by atoms with Crippen LogP contribution in [0.5, 0.6) is 17.2 Å². The van der Waals surface area contributed by atoms with Crippen molar-refractivity contribution < 1.29 is 22.6 Å². The van der Waals surface area contributed by atoms with Crippen LogP contribution in [0.25, 0.3) is 0 Å². The van der Waals surface area contributed by atoms with E-state index >= 15 is 0 Å². The van der Waals surface area contributed by atoms with Crippen LogP contribution in [0.15, 0.2) is 42.5 Å². The van der Waals surface area contributed by atoms with Crippen LogP contribution in [-0.2, 0) is 16.6 Å². The molecular formula is C17H18N2O5S. The first-order valence-corrected chi connectivity index (χ1v) is 9.34. The molecule has 0 radical (unpaired) electrons. The van der Waals surface area contributed by atoms with E-state index in [0.717, 1.165) is 16.9 Å². The van der Waals surface area contributed by atoms with E-state index in [2.05, 4.69) is 9.44 Å². The van der Waals surface area contributed by atoms with Gasteiger partial charge in [0.2, 0.25) is 6.79 Å². The van der Waals surface area contributed by atoms with Crippen molar-refractivity contribution in [1.29, 1.82) is 0 Å². The topological polar surface area (TPSA) is 85.9 Å². The molecule has 2 N–H and O–H groups in total. The van der Waals surface area contributed by atoms with Gasteiger partial charge in [0.05, 0.1) is 13.2 Å². The fourth-order valence-electron chi connectivity index (χ4n) is 3.14. The van der Waals surface area contributed by atoms with Gasteiger partial charge in [-0.2, -0.15) is 17.9 Å². The van der Waals surface area contributed by atoms with Crippen molar-refractivity contribution in [3.8, 4) is 17.2 Å². The van der Waals surface area contributed by atoms with Gasteiger partial charge in [-0.15, -0.1) is 0 Å². The molecule has 2 aromatic rings. The lowest BCUT2D eigenvalue weighted by Crippen LogP contribution is -2.30. The number of hydrogen-bond acceptors (Lipinski definition) is 5. The monoisotopic (exact) mass is 362 g/mol. The number of hydrogen-bond donors (Lipinski definition) is 2. The Morgan fingerprint density at radius 2 is 1.84 bits per heavy atom. The first kappa shape index (κ1) is 16.2. The molecule has 0 aliphatic carbocycles. The van der Waals surface area contributed by atoms with E-state index in [0.29, 0.717) is 17.9 Å². The zero-order chi connectivity index (χ0) is 17.4. The lowest BCUT2D eigenvalue weighted by atomic mass is 9.95. The van der Waals surface area contributed by atoms with Crippen molar-refractivity contribution in [2.45, 2.75) is 18.5 Å². The molecule has 1 fully saturated rings. The van der Waals surface area contributed by atoms with Gasteiger partial charge in [-0.3, -0.25) is 0 Å². The number of ether oxygens (including phenoxy) is 3. The van der Waals surface area contributed by atoms with Crippen LogP contribution in [0.4, 0.5) is 0 Å². The molecule has 0 bridgehead atoms. The Kier molecular flexibility index (Phi) is 4.03. The molecule has 7 nitrogen and oxygen atoms in total. The molecule has 132 valence electrons. The van der Waals surface area contributed by atoms with Gasteiger partial charge in [-0.1, -0.05) is 18.2 Å². The van der Waals surface area contributed by atoms with Crippen LogP contribution >= 0.6 is 0 Å². The summed E-state index contributed by atoms with van der Waals surface area (Å²) in [5, 5.41) is 0. The second-order valence-electron chi connectivity index (χ2n) is 5.99. The van der Waals surface area contributed by atoms with Crippen LogP contribution in [0.1, 0.15) is 17.2 Å². The summed E-state index contributed by atoms with van der Waals surface area (Å²) in [7, 11) is -1.93. The van der Waals surface area contributed by atoms with Gasteiger partial charge in [0, 0.05) is 6.04 Å². The van der Waals surface area contributed by atoms with E-state index in [1.807, 2.05) is 42.5 Å². The van der Waals surface area contributed by atoms with Gasteiger partial charge in [0.25, 0.3) is 10.2 Å². The van der Waals surface area contributed by atoms with E-state index in [4.69, 9.17) is 14.2 Å². The predicted molar refractivity (Wildman–Crippen MR) is 91.0 cm³/mol. The Bertz CT molecular complexity index is 882. The Morgan fingerprint density at radius 1 is 1.08 bits per heavy atom. The molecule has 1 saturated heterocycles. The quantitative estimate of drug-likeness (QED) is 0.861. The van der Waals surface area contributed by atoms with Crippen molar-refractivity contribution >= 4 is 10.2 Å². The Morgan fingerprint density at radius 3 is 2.60 bits per heavy atom. The molecule has 2 atom stereocenters.